The van der Waals surface area contributed by atoms with Crippen LogP contribution in [-0.4, -0.2) is 22.4 Å². The van der Waals surface area contributed by atoms with Crippen molar-refractivity contribution in [3.8, 4) is 17.2 Å². The molecule has 3 aromatic carbocycles. The number of nitrogens with one attached hydrogen (secondary N) is 1. The Morgan fingerprint density at radius 1 is 1.16 bits per heavy atom. The number of anilines is 1. The predicted molar refractivity (Wildman–Crippen MR) is 116 cm³/mol. The van der Waals surface area contributed by atoms with Crippen LogP contribution in [0.15, 0.2) is 65.1 Å². The first-order chi connectivity index (χ1) is 14.9. The van der Waals surface area contributed by atoms with E-state index in [0.29, 0.717) is 22.7 Å². The zero-order chi connectivity index (χ0) is 22.0. The summed E-state index contributed by atoms with van der Waals surface area (Å²) in [5.74, 6) is 0.129. The number of rotatable bonds is 6. The Hall–Kier alpha value is -4.20. The molecule has 156 valence electrons. The van der Waals surface area contributed by atoms with Crippen LogP contribution in [0.4, 0.5) is 11.4 Å². The number of carbonyl (C=O) groups excluding carboxylic acids is 1. The molecule has 0 unspecified atom stereocenters. The molecular weight excluding hydrogens is 398 g/mol. The molecule has 8 nitrogen and oxygen atoms in total. The van der Waals surface area contributed by atoms with Crippen molar-refractivity contribution < 1.29 is 18.9 Å². The molecule has 0 aliphatic heterocycles. The molecule has 0 spiro atoms. The van der Waals surface area contributed by atoms with Crippen LogP contribution in [0.3, 0.4) is 0 Å². The van der Waals surface area contributed by atoms with Crippen molar-refractivity contribution in [2.75, 3.05) is 11.9 Å². The average molecular weight is 417 g/mol. The second kappa shape index (κ2) is 8.27. The number of fused-ring (bicyclic) bond motifs is 1. The topological polar surface area (TPSA) is 108 Å². The molecule has 0 atom stereocenters. The third kappa shape index (κ3) is 4.23. The summed E-state index contributed by atoms with van der Waals surface area (Å²) in [6.07, 6.45) is 0. The molecule has 0 bridgehead atoms. The summed E-state index contributed by atoms with van der Waals surface area (Å²) >= 11 is 0. The van der Waals surface area contributed by atoms with Crippen molar-refractivity contribution in [2.24, 2.45) is 0 Å². The minimum absolute atomic E-state index is 0.121. The molecule has 1 heterocycles. The summed E-state index contributed by atoms with van der Waals surface area (Å²) in [4.78, 5) is 27.8. The summed E-state index contributed by atoms with van der Waals surface area (Å²) in [6.45, 7) is 4.01. The van der Waals surface area contributed by atoms with Gasteiger partial charge in [-0.15, -0.1) is 0 Å². The number of nitro groups is 1. The van der Waals surface area contributed by atoms with Gasteiger partial charge in [0.15, 0.2) is 11.3 Å². The van der Waals surface area contributed by atoms with E-state index in [2.05, 4.69) is 10.3 Å². The number of ether oxygens (including phenoxy) is 1. The van der Waals surface area contributed by atoms with Crippen molar-refractivity contribution in [1.82, 2.24) is 4.98 Å². The fourth-order valence-electron chi connectivity index (χ4n) is 3.19. The van der Waals surface area contributed by atoms with E-state index in [1.165, 1.54) is 18.2 Å². The number of aromatic nitrogens is 1. The summed E-state index contributed by atoms with van der Waals surface area (Å²) < 4.78 is 11.1. The maximum atomic E-state index is 12.6. The SMILES string of the molecule is CCOc1ccc(C(=O)Nc2ccc3nc(-c4cccc(C)c4)oc3c2)cc1[N+](=O)[O-]. The molecule has 0 aliphatic rings. The first-order valence-corrected chi connectivity index (χ1v) is 9.65. The lowest BCUT2D eigenvalue weighted by Gasteiger charge is -2.07. The Morgan fingerprint density at radius 3 is 2.74 bits per heavy atom. The Bertz CT molecular complexity index is 1300. The highest BCUT2D eigenvalue weighted by Gasteiger charge is 2.19. The van der Waals surface area contributed by atoms with E-state index in [4.69, 9.17) is 9.15 Å². The number of benzene rings is 3. The number of hydrogen-bond acceptors (Lipinski definition) is 6. The zero-order valence-corrected chi connectivity index (χ0v) is 16.9. The molecule has 0 saturated heterocycles. The Labute approximate surface area is 177 Å². The number of carbonyl (C=O) groups is 1. The van der Waals surface area contributed by atoms with E-state index in [1.54, 1.807) is 25.1 Å². The minimum Gasteiger partial charge on any atom is -0.487 e. The van der Waals surface area contributed by atoms with Crippen LogP contribution in [0, 0.1) is 17.0 Å². The number of oxazole rings is 1. The Kier molecular flexibility index (Phi) is 5.36. The zero-order valence-electron chi connectivity index (χ0n) is 16.9. The van der Waals surface area contributed by atoms with Gasteiger partial charge in [0, 0.05) is 28.9 Å². The quantitative estimate of drug-likeness (QED) is 0.334. The molecule has 1 amide bonds. The maximum absolute atomic E-state index is 12.6. The van der Waals surface area contributed by atoms with Gasteiger partial charge in [-0.1, -0.05) is 17.7 Å². The fraction of sp³-hybridized carbons (Fsp3) is 0.130. The van der Waals surface area contributed by atoms with Crippen LogP contribution in [-0.2, 0) is 0 Å². The van der Waals surface area contributed by atoms with Crippen LogP contribution in [0.2, 0.25) is 0 Å². The Morgan fingerprint density at radius 2 is 2.00 bits per heavy atom. The van der Waals surface area contributed by atoms with Crippen LogP contribution in [0.25, 0.3) is 22.6 Å². The van der Waals surface area contributed by atoms with Crippen LogP contribution in [0.1, 0.15) is 22.8 Å². The van der Waals surface area contributed by atoms with Gasteiger partial charge in [-0.05, 0) is 50.2 Å². The molecule has 0 radical (unpaired) electrons. The van der Waals surface area contributed by atoms with Crippen molar-refractivity contribution in [1.29, 1.82) is 0 Å². The third-order valence-corrected chi connectivity index (χ3v) is 4.63. The van der Waals surface area contributed by atoms with Gasteiger partial charge in [-0.25, -0.2) is 4.98 Å². The number of nitrogens with zero attached hydrogens (tertiary/aromatic N) is 2. The number of nitro benzene ring substituents is 1. The second-order valence-corrected chi connectivity index (χ2v) is 6.90. The second-order valence-electron chi connectivity index (χ2n) is 6.90. The van der Waals surface area contributed by atoms with Gasteiger partial charge in [0.25, 0.3) is 5.91 Å². The third-order valence-electron chi connectivity index (χ3n) is 4.63. The van der Waals surface area contributed by atoms with Crippen molar-refractivity contribution >= 4 is 28.4 Å². The van der Waals surface area contributed by atoms with E-state index in [9.17, 15) is 14.9 Å². The molecule has 4 rings (SSSR count). The normalized spacial score (nSPS) is 10.8. The lowest BCUT2D eigenvalue weighted by atomic mass is 10.1. The van der Waals surface area contributed by atoms with Gasteiger partial charge in [0.05, 0.1) is 11.5 Å². The minimum atomic E-state index is -0.574. The van der Waals surface area contributed by atoms with Gasteiger partial charge in [0.2, 0.25) is 5.89 Å². The summed E-state index contributed by atoms with van der Waals surface area (Å²) in [6, 6.07) is 17.0. The molecule has 8 heteroatoms. The number of amides is 1. The van der Waals surface area contributed by atoms with E-state index in [1.807, 2.05) is 31.2 Å². The maximum Gasteiger partial charge on any atom is 0.311 e. The van der Waals surface area contributed by atoms with E-state index in [0.717, 1.165) is 11.1 Å². The molecule has 31 heavy (non-hydrogen) atoms. The first kappa shape index (κ1) is 20.1. The largest absolute Gasteiger partial charge is 0.487 e. The standard InChI is InChI=1S/C23H19N3O5/c1-3-30-20-10-7-15(12-19(20)26(28)29)22(27)24-17-8-9-18-21(13-17)31-23(25-18)16-6-4-5-14(2)11-16/h4-13H,3H2,1-2H3,(H,24,27). The van der Waals surface area contributed by atoms with Crippen molar-refractivity contribution in [3.05, 3.63) is 81.9 Å². The predicted octanol–water partition coefficient (Wildman–Crippen LogP) is 5.36. The lowest BCUT2D eigenvalue weighted by Crippen LogP contribution is -2.12. The van der Waals surface area contributed by atoms with Gasteiger partial charge in [0.1, 0.15) is 5.52 Å². The van der Waals surface area contributed by atoms with Crippen LogP contribution in [0.5, 0.6) is 5.75 Å². The van der Waals surface area contributed by atoms with Crippen LogP contribution >= 0.6 is 0 Å². The summed E-state index contributed by atoms with van der Waals surface area (Å²) in [5, 5.41) is 14.0. The van der Waals surface area contributed by atoms with Crippen LogP contribution < -0.4 is 10.1 Å². The Balaban J connectivity index is 1.59. The molecular formula is C23H19N3O5. The first-order valence-electron chi connectivity index (χ1n) is 9.65. The average Bonchev–Trinajstić information content (AvgIpc) is 3.17. The molecule has 1 N–H and O–H groups in total. The van der Waals surface area contributed by atoms with Gasteiger partial charge >= 0.3 is 5.69 Å². The highest BCUT2D eigenvalue weighted by Crippen LogP contribution is 2.29. The van der Waals surface area contributed by atoms with Gasteiger partial charge in [-0.2, -0.15) is 0 Å². The van der Waals surface area contributed by atoms with E-state index >= 15 is 0 Å². The van der Waals surface area contributed by atoms with Gasteiger partial charge < -0.3 is 14.5 Å². The molecule has 0 fully saturated rings. The monoisotopic (exact) mass is 417 g/mol. The number of hydrogen-bond donors (Lipinski definition) is 1. The highest BCUT2D eigenvalue weighted by atomic mass is 16.6. The van der Waals surface area contributed by atoms with E-state index in [-0.39, 0.29) is 23.6 Å². The lowest BCUT2D eigenvalue weighted by molar-refractivity contribution is -0.385. The summed E-state index contributed by atoms with van der Waals surface area (Å²) in [5.41, 5.74) is 3.51. The molecule has 4 aromatic rings. The highest BCUT2D eigenvalue weighted by molar-refractivity contribution is 6.05. The number of aryl methyl sites for hydroxylation is 1. The summed E-state index contributed by atoms with van der Waals surface area (Å²) in [7, 11) is 0. The van der Waals surface area contributed by atoms with E-state index < -0.39 is 10.8 Å². The fourth-order valence-corrected chi connectivity index (χ4v) is 3.19. The molecule has 0 saturated carbocycles. The smallest absolute Gasteiger partial charge is 0.311 e. The van der Waals surface area contributed by atoms with Crippen molar-refractivity contribution in [2.45, 2.75) is 13.8 Å². The molecule has 1 aromatic heterocycles. The van der Waals surface area contributed by atoms with Gasteiger partial charge in [-0.3, -0.25) is 14.9 Å². The molecule has 0 aliphatic carbocycles. The van der Waals surface area contributed by atoms with Crippen molar-refractivity contribution in [3.63, 3.8) is 0 Å².